The van der Waals surface area contributed by atoms with Crippen molar-refractivity contribution in [3.8, 4) is 0 Å². The van der Waals surface area contributed by atoms with Gasteiger partial charge in [-0.1, -0.05) is 32.0 Å². The Hall–Kier alpha value is -2.89. The van der Waals surface area contributed by atoms with Crippen molar-refractivity contribution in [1.82, 2.24) is 4.90 Å². The Kier molecular flexibility index (Phi) is 5.74. The Balaban J connectivity index is 1.59. The van der Waals surface area contributed by atoms with Gasteiger partial charge >= 0.3 is 11.8 Å². The number of benzene rings is 2. The average molecular weight is 369 g/mol. The van der Waals surface area contributed by atoms with Crippen molar-refractivity contribution in [3.63, 3.8) is 0 Å². The molecular formula is C21H24FN3O2. The van der Waals surface area contributed by atoms with E-state index in [0.717, 1.165) is 11.3 Å². The molecule has 0 unspecified atom stereocenters. The lowest BCUT2D eigenvalue weighted by Gasteiger charge is -2.35. The van der Waals surface area contributed by atoms with Gasteiger partial charge in [0, 0.05) is 37.6 Å². The number of carbonyl (C=O) groups is 2. The summed E-state index contributed by atoms with van der Waals surface area (Å²) >= 11 is 0. The predicted molar refractivity (Wildman–Crippen MR) is 104 cm³/mol. The zero-order valence-electron chi connectivity index (χ0n) is 15.6. The molecule has 2 aromatic rings. The highest BCUT2D eigenvalue weighted by molar-refractivity contribution is 6.39. The Morgan fingerprint density at radius 1 is 0.963 bits per heavy atom. The van der Waals surface area contributed by atoms with Crippen LogP contribution in [0.1, 0.15) is 25.3 Å². The largest absolute Gasteiger partial charge is 0.368 e. The van der Waals surface area contributed by atoms with Gasteiger partial charge in [-0.25, -0.2) is 4.39 Å². The van der Waals surface area contributed by atoms with Crippen molar-refractivity contribution in [1.29, 1.82) is 0 Å². The van der Waals surface area contributed by atoms with Crippen LogP contribution in [0.4, 0.5) is 15.8 Å². The van der Waals surface area contributed by atoms with E-state index >= 15 is 0 Å². The van der Waals surface area contributed by atoms with Crippen LogP contribution in [0.15, 0.2) is 48.5 Å². The minimum Gasteiger partial charge on any atom is -0.368 e. The Morgan fingerprint density at radius 3 is 2.22 bits per heavy atom. The van der Waals surface area contributed by atoms with Crippen molar-refractivity contribution < 1.29 is 14.0 Å². The SMILES string of the molecule is CC(C)c1ccccc1NC(=O)C(=O)N1CCN(c2ccc(F)cc2)CC1. The van der Waals surface area contributed by atoms with Crippen molar-refractivity contribution in [2.75, 3.05) is 36.4 Å². The number of piperazine rings is 1. The van der Waals surface area contributed by atoms with E-state index in [1.165, 1.54) is 12.1 Å². The quantitative estimate of drug-likeness (QED) is 0.845. The molecule has 1 fully saturated rings. The molecule has 6 heteroatoms. The van der Waals surface area contributed by atoms with Crippen molar-refractivity contribution in [2.24, 2.45) is 0 Å². The molecule has 2 amide bonds. The molecule has 2 aromatic carbocycles. The summed E-state index contributed by atoms with van der Waals surface area (Å²) in [5.74, 6) is -1.16. The highest BCUT2D eigenvalue weighted by atomic mass is 19.1. The van der Waals surface area contributed by atoms with Crippen LogP contribution < -0.4 is 10.2 Å². The number of carbonyl (C=O) groups excluding carboxylic acids is 2. The number of rotatable bonds is 3. The van der Waals surface area contributed by atoms with Crippen LogP contribution in [-0.4, -0.2) is 42.9 Å². The van der Waals surface area contributed by atoms with Gasteiger partial charge in [-0.2, -0.15) is 0 Å². The standard InChI is InChI=1S/C21H24FN3O2/c1-15(2)18-5-3-4-6-19(18)23-20(26)21(27)25-13-11-24(12-14-25)17-9-7-16(22)8-10-17/h3-10,15H,11-14H2,1-2H3,(H,23,26). The van der Waals surface area contributed by atoms with Crippen molar-refractivity contribution in [2.45, 2.75) is 19.8 Å². The predicted octanol–water partition coefficient (Wildman–Crippen LogP) is 3.24. The molecular weight excluding hydrogens is 345 g/mol. The first-order chi connectivity index (χ1) is 13.0. The summed E-state index contributed by atoms with van der Waals surface area (Å²) < 4.78 is 13.1. The number of nitrogens with one attached hydrogen (secondary N) is 1. The number of amides is 2. The third-order valence-corrected chi connectivity index (χ3v) is 4.78. The third kappa shape index (κ3) is 4.45. The maximum Gasteiger partial charge on any atom is 0.313 e. The fraction of sp³-hybridized carbons (Fsp3) is 0.333. The molecule has 1 heterocycles. The van der Waals surface area contributed by atoms with Crippen molar-refractivity contribution >= 4 is 23.2 Å². The van der Waals surface area contributed by atoms with Gasteiger partial charge in [0.15, 0.2) is 0 Å². The molecule has 3 rings (SSSR count). The van der Waals surface area contributed by atoms with Crippen LogP contribution in [0.5, 0.6) is 0 Å². The number of anilines is 2. The summed E-state index contributed by atoms with van der Waals surface area (Å²) in [6.45, 7) is 6.20. The lowest BCUT2D eigenvalue weighted by Crippen LogP contribution is -2.51. The fourth-order valence-corrected chi connectivity index (χ4v) is 3.25. The molecule has 0 bridgehead atoms. The summed E-state index contributed by atoms with van der Waals surface area (Å²) in [6.07, 6.45) is 0. The summed E-state index contributed by atoms with van der Waals surface area (Å²) in [6, 6.07) is 13.8. The second kappa shape index (κ2) is 8.20. The smallest absolute Gasteiger partial charge is 0.313 e. The Labute approximate surface area is 158 Å². The molecule has 142 valence electrons. The van der Waals surface area contributed by atoms with Gasteiger partial charge in [-0.05, 0) is 41.8 Å². The number of halogens is 1. The molecule has 1 N–H and O–H groups in total. The second-order valence-corrected chi connectivity index (χ2v) is 6.95. The van der Waals surface area contributed by atoms with Crippen molar-refractivity contribution in [3.05, 3.63) is 59.9 Å². The summed E-state index contributed by atoms with van der Waals surface area (Å²) in [5.41, 5.74) is 2.59. The minimum atomic E-state index is -0.613. The lowest BCUT2D eigenvalue weighted by atomic mass is 10.0. The molecule has 0 aromatic heterocycles. The van der Waals surface area contributed by atoms with Crippen LogP contribution in [0.25, 0.3) is 0 Å². The topological polar surface area (TPSA) is 52.7 Å². The van der Waals surface area contributed by atoms with Crippen LogP contribution in [0, 0.1) is 5.82 Å². The number of nitrogens with zero attached hydrogens (tertiary/aromatic N) is 2. The first kappa shape index (κ1) is 18.9. The molecule has 1 saturated heterocycles. The molecule has 1 aliphatic rings. The molecule has 0 spiro atoms. The first-order valence-corrected chi connectivity index (χ1v) is 9.15. The minimum absolute atomic E-state index is 0.246. The molecule has 0 saturated carbocycles. The number of hydrogen-bond donors (Lipinski definition) is 1. The van der Waals surface area contributed by atoms with E-state index < -0.39 is 11.8 Å². The molecule has 1 aliphatic heterocycles. The van der Waals surface area contributed by atoms with E-state index in [2.05, 4.69) is 10.2 Å². The van der Waals surface area contributed by atoms with Gasteiger partial charge in [-0.15, -0.1) is 0 Å². The Bertz CT molecular complexity index is 812. The third-order valence-electron chi connectivity index (χ3n) is 4.78. The Morgan fingerprint density at radius 2 is 1.59 bits per heavy atom. The number of para-hydroxylation sites is 1. The van der Waals surface area contributed by atoms with Gasteiger partial charge in [0.05, 0.1) is 0 Å². The van der Waals surface area contributed by atoms with E-state index in [-0.39, 0.29) is 11.7 Å². The zero-order valence-corrected chi connectivity index (χ0v) is 15.6. The molecule has 5 nitrogen and oxygen atoms in total. The maximum atomic E-state index is 13.1. The molecule has 0 aliphatic carbocycles. The van der Waals surface area contributed by atoms with Crippen LogP contribution in [0.3, 0.4) is 0 Å². The van der Waals surface area contributed by atoms with Gasteiger partial charge in [0.25, 0.3) is 0 Å². The average Bonchev–Trinajstić information content (AvgIpc) is 2.68. The fourth-order valence-electron chi connectivity index (χ4n) is 3.25. The highest BCUT2D eigenvalue weighted by Gasteiger charge is 2.26. The number of hydrogen-bond acceptors (Lipinski definition) is 3. The highest BCUT2D eigenvalue weighted by Crippen LogP contribution is 2.24. The van der Waals surface area contributed by atoms with Gasteiger partial charge in [-0.3, -0.25) is 9.59 Å². The second-order valence-electron chi connectivity index (χ2n) is 6.95. The van der Waals surface area contributed by atoms with Crippen LogP contribution >= 0.6 is 0 Å². The molecule has 27 heavy (non-hydrogen) atoms. The van der Waals surface area contributed by atoms with Gasteiger partial charge in [0.1, 0.15) is 5.82 Å². The summed E-state index contributed by atoms with van der Waals surface area (Å²) in [4.78, 5) is 28.6. The van der Waals surface area contributed by atoms with Gasteiger partial charge < -0.3 is 15.1 Å². The van der Waals surface area contributed by atoms with E-state index in [4.69, 9.17) is 0 Å². The van der Waals surface area contributed by atoms with E-state index in [1.54, 1.807) is 17.0 Å². The molecule has 0 atom stereocenters. The summed E-state index contributed by atoms with van der Waals surface area (Å²) in [5, 5.41) is 2.75. The van der Waals surface area contributed by atoms with E-state index in [0.29, 0.717) is 31.9 Å². The lowest BCUT2D eigenvalue weighted by molar-refractivity contribution is -0.143. The van der Waals surface area contributed by atoms with Crippen LogP contribution in [0.2, 0.25) is 0 Å². The normalized spacial score (nSPS) is 14.4. The van der Waals surface area contributed by atoms with E-state index in [9.17, 15) is 14.0 Å². The van der Waals surface area contributed by atoms with E-state index in [1.807, 2.05) is 38.1 Å². The van der Waals surface area contributed by atoms with Gasteiger partial charge in [0.2, 0.25) is 0 Å². The zero-order chi connectivity index (χ0) is 19.4. The first-order valence-electron chi connectivity index (χ1n) is 9.15. The summed E-state index contributed by atoms with van der Waals surface area (Å²) in [7, 11) is 0. The monoisotopic (exact) mass is 369 g/mol. The molecule has 0 radical (unpaired) electrons. The van der Waals surface area contributed by atoms with Crippen LogP contribution in [-0.2, 0) is 9.59 Å². The maximum absolute atomic E-state index is 13.1.